The third kappa shape index (κ3) is 4.20. The summed E-state index contributed by atoms with van der Waals surface area (Å²) in [5.41, 5.74) is 7.16. The first-order valence-corrected chi connectivity index (χ1v) is 12.3. The number of hydrogen-bond donors (Lipinski definition) is 1. The molecule has 1 aliphatic heterocycles. The summed E-state index contributed by atoms with van der Waals surface area (Å²) in [6.45, 7) is 3.21. The topological polar surface area (TPSA) is 95.2 Å². The second-order valence-electron chi connectivity index (χ2n) is 9.11. The van der Waals surface area contributed by atoms with E-state index in [4.69, 9.17) is 19.0 Å². The van der Waals surface area contributed by atoms with Gasteiger partial charge in [0.05, 0.1) is 11.0 Å². The normalized spacial score (nSPS) is 14.1. The number of nitrogens with one attached hydrogen (secondary N) is 1. The van der Waals surface area contributed by atoms with Crippen LogP contribution in [0.2, 0.25) is 0 Å². The maximum atomic E-state index is 14.2. The average molecular weight is 513 g/mol. The molecule has 38 heavy (non-hydrogen) atoms. The molecular weight excluding hydrogens is 487 g/mol. The Kier molecular flexibility index (Phi) is 6.13. The van der Waals surface area contributed by atoms with Crippen molar-refractivity contribution in [1.82, 2.24) is 19.7 Å². The van der Waals surface area contributed by atoms with Gasteiger partial charge in [0.15, 0.2) is 5.82 Å². The van der Waals surface area contributed by atoms with E-state index in [9.17, 15) is 9.18 Å². The fourth-order valence-corrected chi connectivity index (χ4v) is 5.10. The van der Waals surface area contributed by atoms with Crippen molar-refractivity contribution in [2.75, 3.05) is 7.11 Å². The van der Waals surface area contributed by atoms with E-state index in [2.05, 4.69) is 26.8 Å². The Labute approximate surface area is 217 Å². The summed E-state index contributed by atoms with van der Waals surface area (Å²) in [5, 5.41) is 3.94. The fourth-order valence-electron chi connectivity index (χ4n) is 5.10. The highest BCUT2D eigenvalue weighted by atomic mass is 19.1. The van der Waals surface area contributed by atoms with Gasteiger partial charge in [0.25, 0.3) is 0 Å². The first-order chi connectivity index (χ1) is 18.6. The second-order valence-corrected chi connectivity index (χ2v) is 9.11. The van der Waals surface area contributed by atoms with Crippen LogP contribution in [0.5, 0.6) is 5.75 Å². The molecule has 0 spiro atoms. The zero-order valence-corrected chi connectivity index (χ0v) is 21.0. The van der Waals surface area contributed by atoms with E-state index >= 15 is 0 Å². The molecule has 3 heterocycles. The van der Waals surface area contributed by atoms with Crippen LogP contribution in [-0.4, -0.2) is 26.8 Å². The molecule has 0 fully saturated rings. The molecule has 0 unspecified atom stereocenters. The number of methoxy groups -OCH3 is 1. The number of hydrogen-bond acceptors (Lipinski definition) is 6. The van der Waals surface area contributed by atoms with Crippen molar-refractivity contribution in [1.29, 1.82) is 0 Å². The van der Waals surface area contributed by atoms with Crippen molar-refractivity contribution in [2.45, 2.75) is 33.1 Å². The number of allylic oxidation sites excluding steroid dienone is 1. The van der Waals surface area contributed by atoms with Gasteiger partial charge in [0.1, 0.15) is 30.6 Å². The molecule has 9 heteroatoms. The zero-order chi connectivity index (χ0) is 26.2. The molecule has 3 aromatic carbocycles. The number of halogens is 1. The molecule has 1 N–H and O–H groups in total. The predicted octanol–water partition coefficient (Wildman–Crippen LogP) is 5.31. The summed E-state index contributed by atoms with van der Waals surface area (Å²) in [6.07, 6.45) is 0.553. The molecule has 5 aromatic rings. The van der Waals surface area contributed by atoms with Crippen LogP contribution in [-0.2, 0) is 24.5 Å². The number of para-hydroxylation sites is 2. The number of benzene rings is 3. The van der Waals surface area contributed by atoms with Gasteiger partial charge in [-0.05, 0) is 53.4 Å². The van der Waals surface area contributed by atoms with Gasteiger partial charge in [-0.1, -0.05) is 36.3 Å². The molecule has 2 aromatic heterocycles. The molecular formula is C29H25FN4O4. The van der Waals surface area contributed by atoms with E-state index in [1.807, 2.05) is 37.3 Å². The van der Waals surface area contributed by atoms with Gasteiger partial charge in [-0.25, -0.2) is 14.2 Å². The van der Waals surface area contributed by atoms with E-state index in [-0.39, 0.29) is 12.4 Å². The highest BCUT2D eigenvalue weighted by Gasteiger charge is 2.25. The standard InChI is InChI=1S/C29H25FN4O4/c1-3-20(28-32-29(35)38-33-28)27-21-10-8-17(12-18(21)15-37-25-13-19(30)9-11-22(25)27)14-34-24-7-5-4-6-23(24)31-26(34)16-36-2/h4-13H,3,14-16H2,1-2H3,(H,32,33,35)/b27-20-. The lowest BCUT2D eigenvalue weighted by molar-refractivity contribution is 0.175. The number of nitrogens with zero attached hydrogens (tertiary/aromatic N) is 3. The highest BCUT2D eigenvalue weighted by Crippen LogP contribution is 2.42. The largest absolute Gasteiger partial charge is 0.488 e. The minimum Gasteiger partial charge on any atom is -0.488 e. The van der Waals surface area contributed by atoms with E-state index < -0.39 is 5.76 Å². The molecule has 0 amide bonds. The van der Waals surface area contributed by atoms with E-state index in [0.29, 0.717) is 31.1 Å². The Bertz CT molecular complexity index is 1750. The number of H-pyrrole nitrogens is 1. The highest BCUT2D eigenvalue weighted by molar-refractivity contribution is 5.99. The molecule has 192 valence electrons. The predicted molar refractivity (Wildman–Crippen MR) is 140 cm³/mol. The van der Waals surface area contributed by atoms with Crippen LogP contribution >= 0.6 is 0 Å². The summed E-state index contributed by atoms with van der Waals surface area (Å²) < 4.78 is 32.7. The molecule has 0 saturated carbocycles. The van der Waals surface area contributed by atoms with Crippen LogP contribution in [0.25, 0.3) is 22.2 Å². The lowest BCUT2D eigenvalue weighted by atomic mass is 9.88. The Morgan fingerprint density at radius 3 is 2.76 bits per heavy atom. The molecule has 0 atom stereocenters. The lowest BCUT2D eigenvalue weighted by Gasteiger charge is -2.16. The Hall–Kier alpha value is -4.50. The van der Waals surface area contributed by atoms with Gasteiger partial charge in [-0.3, -0.25) is 9.51 Å². The lowest BCUT2D eigenvalue weighted by Crippen LogP contribution is -2.07. The van der Waals surface area contributed by atoms with Gasteiger partial charge in [0, 0.05) is 36.4 Å². The first-order valence-electron chi connectivity index (χ1n) is 12.3. The number of aromatic amines is 1. The number of ether oxygens (including phenoxy) is 2. The summed E-state index contributed by atoms with van der Waals surface area (Å²) in [6, 6.07) is 18.7. The number of fused-ring (bicyclic) bond motifs is 3. The summed E-state index contributed by atoms with van der Waals surface area (Å²) in [4.78, 5) is 19.2. The molecule has 0 bridgehead atoms. The van der Waals surface area contributed by atoms with Gasteiger partial charge in [0.2, 0.25) is 0 Å². The van der Waals surface area contributed by atoms with Gasteiger partial charge in [-0.2, -0.15) is 0 Å². The SMILES string of the molecule is CC/C(=C1\c2ccc(Cn3c(COC)nc4ccccc43)cc2COc2cc(F)ccc21)c1noc(=O)[nH]1. The minimum atomic E-state index is -0.634. The quantitative estimate of drug-likeness (QED) is 0.331. The van der Waals surface area contributed by atoms with Gasteiger partial charge < -0.3 is 14.0 Å². The molecule has 0 aliphatic carbocycles. The molecule has 6 rings (SSSR count). The van der Waals surface area contributed by atoms with Crippen molar-refractivity contribution >= 4 is 22.2 Å². The van der Waals surface area contributed by atoms with Crippen LogP contribution in [0.3, 0.4) is 0 Å². The Balaban J connectivity index is 1.50. The fraction of sp³-hybridized carbons (Fsp3) is 0.207. The van der Waals surface area contributed by atoms with Crippen molar-refractivity contribution in [3.63, 3.8) is 0 Å². The van der Waals surface area contributed by atoms with Crippen molar-refractivity contribution < 1.29 is 18.4 Å². The Morgan fingerprint density at radius 1 is 1.13 bits per heavy atom. The third-order valence-electron chi connectivity index (χ3n) is 6.76. The van der Waals surface area contributed by atoms with Crippen molar-refractivity contribution in [3.8, 4) is 5.75 Å². The third-order valence-corrected chi connectivity index (χ3v) is 6.76. The maximum absolute atomic E-state index is 14.2. The molecule has 1 aliphatic rings. The van der Waals surface area contributed by atoms with E-state index in [1.165, 1.54) is 12.1 Å². The molecule has 0 saturated heterocycles. The number of rotatable bonds is 6. The smallest absolute Gasteiger partial charge is 0.439 e. The Morgan fingerprint density at radius 2 is 1.97 bits per heavy atom. The maximum Gasteiger partial charge on any atom is 0.439 e. The molecule has 8 nitrogen and oxygen atoms in total. The van der Waals surface area contributed by atoms with Gasteiger partial charge in [-0.15, -0.1) is 0 Å². The monoisotopic (exact) mass is 512 g/mol. The molecule has 0 radical (unpaired) electrons. The minimum absolute atomic E-state index is 0.255. The second kappa shape index (κ2) is 9.75. The summed E-state index contributed by atoms with van der Waals surface area (Å²) in [5.74, 6) is 0.587. The van der Waals surface area contributed by atoms with Gasteiger partial charge >= 0.3 is 5.76 Å². The summed E-state index contributed by atoms with van der Waals surface area (Å²) in [7, 11) is 1.66. The number of imidazole rings is 1. The average Bonchev–Trinajstić information content (AvgIpc) is 3.45. The van der Waals surface area contributed by atoms with Crippen molar-refractivity contribution in [2.24, 2.45) is 0 Å². The van der Waals surface area contributed by atoms with Crippen molar-refractivity contribution in [3.05, 3.63) is 111 Å². The summed E-state index contributed by atoms with van der Waals surface area (Å²) >= 11 is 0. The van der Waals surface area contributed by atoms with Crippen LogP contribution in [0.1, 0.15) is 47.2 Å². The first kappa shape index (κ1) is 23.9. The van der Waals surface area contributed by atoms with Crippen LogP contribution in [0.15, 0.2) is 70.0 Å². The zero-order valence-electron chi connectivity index (χ0n) is 21.0. The van der Waals surface area contributed by atoms with E-state index in [0.717, 1.165) is 50.3 Å². The number of aromatic nitrogens is 4. The van der Waals surface area contributed by atoms with Crippen LogP contribution in [0.4, 0.5) is 4.39 Å². The van der Waals surface area contributed by atoms with E-state index in [1.54, 1.807) is 13.2 Å². The van der Waals surface area contributed by atoms with Crippen LogP contribution in [0, 0.1) is 5.82 Å². The van der Waals surface area contributed by atoms with Crippen LogP contribution < -0.4 is 10.5 Å².